The molecule has 3 rings (SSSR count). The zero-order valence-electron chi connectivity index (χ0n) is 17.0. The molecule has 160 valence electrons. The van der Waals surface area contributed by atoms with Crippen LogP contribution in [-0.4, -0.2) is 36.8 Å². The number of rotatable bonds is 6. The summed E-state index contributed by atoms with van der Waals surface area (Å²) in [5.74, 6) is -0.000909. The number of halogens is 1. The Morgan fingerprint density at radius 2 is 1.58 bits per heavy atom. The van der Waals surface area contributed by atoms with Crippen molar-refractivity contribution in [1.82, 2.24) is 10.2 Å². The molecule has 2 aromatic carbocycles. The highest BCUT2D eigenvalue weighted by atomic mass is 35.5. The summed E-state index contributed by atoms with van der Waals surface area (Å²) in [4.78, 5) is 27.8. The fraction of sp³-hybridized carbons (Fsp3) is 0.136. The molecule has 0 spiro atoms. The minimum atomic E-state index is -0.868. The number of thiophene rings is 1. The van der Waals surface area contributed by atoms with Gasteiger partial charge in [-0.05, 0) is 60.0 Å². The molecule has 3 amide bonds. The van der Waals surface area contributed by atoms with E-state index in [-0.39, 0.29) is 5.91 Å². The number of nitrogens with zero attached hydrogens (tertiary/aromatic N) is 1. The van der Waals surface area contributed by atoms with Crippen molar-refractivity contribution < 1.29 is 9.59 Å². The quantitative estimate of drug-likeness (QED) is 0.317. The molecule has 1 unspecified atom stereocenters. The van der Waals surface area contributed by atoms with Gasteiger partial charge in [0.25, 0.3) is 5.91 Å². The summed E-state index contributed by atoms with van der Waals surface area (Å²) in [7, 11) is 3.59. The number of benzene rings is 2. The molecule has 0 fully saturated rings. The Balaban J connectivity index is 1.70. The summed E-state index contributed by atoms with van der Waals surface area (Å²) >= 11 is 7.24. The second kappa shape index (κ2) is 10.1. The first-order chi connectivity index (χ1) is 14.8. The lowest BCUT2D eigenvalue weighted by Gasteiger charge is -2.18. The van der Waals surface area contributed by atoms with Crippen LogP contribution in [0.3, 0.4) is 0 Å². The number of amidine groups is 1. The topological polar surface area (TPSA) is 97.3 Å². The third kappa shape index (κ3) is 6.07. The van der Waals surface area contributed by atoms with E-state index < -0.39 is 12.1 Å². The molecule has 3 aromatic rings. The Hall–Kier alpha value is -3.36. The molecule has 9 heteroatoms. The van der Waals surface area contributed by atoms with Gasteiger partial charge < -0.3 is 20.9 Å². The highest BCUT2D eigenvalue weighted by Gasteiger charge is 2.24. The predicted molar refractivity (Wildman–Crippen MR) is 126 cm³/mol. The van der Waals surface area contributed by atoms with Crippen molar-refractivity contribution in [1.29, 1.82) is 5.41 Å². The summed E-state index contributed by atoms with van der Waals surface area (Å²) in [5.41, 5.74) is 1.87. The van der Waals surface area contributed by atoms with E-state index >= 15 is 0 Å². The van der Waals surface area contributed by atoms with E-state index in [1.54, 1.807) is 73.6 Å². The molecule has 31 heavy (non-hydrogen) atoms. The lowest BCUT2D eigenvalue weighted by atomic mass is 10.1. The van der Waals surface area contributed by atoms with E-state index in [0.29, 0.717) is 27.1 Å². The lowest BCUT2D eigenvalue weighted by molar-refractivity contribution is -0.118. The first-order valence-electron chi connectivity index (χ1n) is 9.37. The van der Waals surface area contributed by atoms with Crippen LogP contribution < -0.4 is 16.0 Å². The molecule has 1 aromatic heterocycles. The van der Waals surface area contributed by atoms with Gasteiger partial charge in [0, 0.05) is 40.9 Å². The van der Waals surface area contributed by atoms with Gasteiger partial charge in [0.2, 0.25) is 0 Å². The molecule has 1 heterocycles. The minimum absolute atomic E-state index is 0.370. The summed E-state index contributed by atoms with van der Waals surface area (Å²) in [6, 6.07) is 15.9. The summed E-state index contributed by atoms with van der Waals surface area (Å²) in [5, 5.41) is 18.7. The molecule has 0 saturated heterocycles. The number of nitrogens with one attached hydrogen (secondary N) is 4. The molecule has 0 aliphatic rings. The maximum atomic E-state index is 13.0. The third-order valence-corrected chi connectivity index (χ3v) is 5.53. The average molecular weight is 456 g/mol. The molecular weight excluding hydrogens is 434 g/mol. The average Bonchev–Trinajstić information content (AvgIpc) is 3.28. The van der Waals surface area contributed by atoms with Crippen molar-refractivity contribution in [2.45, 2.75) is 6.04 Å². The zero-order valence-corrected chi connectivity index (χ0v) is 18.6. The first-order valence-corrected chi connectivity index (χ1v) is 10.6. The molecule has 4 N–H and O–H groups in total. The van der Waals surface area contributed by atoms with Gasteiger partial charge >= 0.3 is 6.03 Å². The molecule has 0 radical (unpaired) electrons. The summed E-state index contributed by atoms with van der Waals surface area (Å²) in [6.07, 6.45) is 0. The summed E-state index contributed by atoms with van der Waals surface area (Å²) < 4.78 is 0. The number of urea groups is 1. The van der Waals surface area contributed by atoms with Crippen LogP contribution in [0.15, 0.2) is 66.0 Å². The number of carbonyl (C=O) groups excluding carboxylic acids is 2. The van der Waals surface area contributed by atoms with E-state index in [4.69, 9.17) is 17.0 Å². The van der Waals surface area contributed by atoms with E-state index in [9.17, 15) is 9.59 Å². The van der Waals surface area contributed by atoms with Crippen molar-refractivity contribution in [3.63, 3.8) is 0 Å². The fourth-order valence-electron chi connectivity index (χ4n) is 2.74. The van der Waals surface area contributed by atoms with Gasteiger partial charge in [-0.15, -0.1) is 11.3 Å². The Morgan fingerprint density at radius 1 is 0.968 bits per heavy atom. The van der Waals surface area contributed by atoms with Crippen LogP contribution in [0.1, 0.15) is 16.5 Å². The second-order valence-corrected chi connectivity index (χ2v) is 8.28. The number of hydrogen-bond donors (Lipinski definition) is 4. The van der Waals surface area contributed by atoms with Crippen molar-refractivity contribution in [3.05, 3.63) is 81.5 Å². The lowest BCUT2D eigenvalue weighted by Crippen LogP contribution is -2.39. The van der Waals surface area contributed by atoms with Crippen LogP contribution in [0.25, 0.3) is 0 Å². The normalized spacial score (nSPS) is 11.3. The summed E-state index contributed by atoms with van der Waals surface area (Å²) in [6.45, 7) is 0. The number of amides is 3. The maximum absolute atomic E-state index is 13.0. The molecule has 0 bridgehead atoms. The van der Waals surface area contributed by atoms with E-state index in [0.717, 1.165) is 5.56 Å². The van der Waals surface area contributed by atoms with Crippen LogP contribution in [0.2, 0.25) is 5.02 Å². The van der Waals surface area contributed by atoms with Gasteiger partial charge in [-0.1, -0.05) is 17.7 Å². The standard InChI is InChI=1S/C22H22ClN5O2S/c1-28(2)20(24)14-5-9-16(10-6-14)25-21(29)19(18-4-3-13-31-18)27-22(30)26-17-11-7-15(23)8-12-17/h3-13,19,24H,1-2H3,(H,25,29)(H2,26,27,30). The van der Waals surface area contributed by atoms with Crippen molar-refractivity contribution in [2.75, 3.05) is 24.7 Å². The predicted octanol–water partition coefficient (Wildman–Crippen LogP) is 4.79. The van der Waals surface area contributed by atoms with E-state index in [1.165, 1.54) is 11.3 Å². The number of carbonyl (C=O) groups is 2. The highest BCUT2D eigenvalue weighted by Crippen LogP contribution is 2.22. The smallest absolute Gasteiger partial charge is 0.320 e. The van der Waals surface area contributed by atoms with E-state index in [2.05, 4.69) is 16.0 Å². The molecule has 7 nitrogen and oxygen atoms in total. The SMILES string of the molecule is CN(C)C(=N)c1ccc(NC(=O)C(NC(=O)Nc2ccc(Cl)cc2)c2cccs2)cc1. The van der Waals surface area contributed by atoms with Crippen LogP contribution >= 0.6 is 22.9 Å². The van der Waals surface area contributed by atoms with Crippen LogP contribution in [0.5, 0.6) is 0 Å². The molecule has 0 saturated carbocycles. The molecule has 0 aliphatic heterocycles. The monoisotopic (exact) mass is 455 g/mol. The van der Waals surface area contributed by atoms with Crippen molar-refractivity contribution in [3.8, 4) is 0 Å². The Morgan fingerprint density at radius 3 is 2.16 bits per heavy atom. The van der Waals surface area contributed by atoms with Crippen LogP contribution in [-0.2, 0) is 4.79 Å². The van der Waals surface area contributed by atoms with Crippen LogP contribution in [0, 0.1) is 5.41 Å². The Bertz CT molecular complexity index is 1050. The first kappa shape index (κ1) is 22.3. The van der Waals surface area contributed by atoms with Crippen molar-refractivity contribution >= 4 is 52.1 Å². The van der Waals surface area contributed by atoms with E-state index in [1.807, 2.05) is 11.4 Å². The molecule has 1 atom stereocenters. The number of hydrogen-bond acceptors (Lipinski definition) is 4. The van der Waals surface area contributed by atoms with Crippen LogP contribution in [0.4, 0.5) is 16.2 Å². The fourth-order valence-corrected chi connectivity index (χ4v) is 3.64. The van der Waals surface area contributed by atoms with Gasteiger partial charge in [-0.3, -0.25) is 10.2 Å². The van der Waals surface area contributed by atoms with Gasteiger partial charge in [0.05, 0.1) is 0 Å². The van der Waals surface area contributed by atoms with Gasteiger partial charge in [-0.2, -0.15) is 0 Å². The van der Waals surface area contributed by atoms with Gasteiger partial charge in [-0.25, -0.2) is 4.79 Å². The van der Waals surface area contributed by atoms with Gasteiger partial charge in [0.15, 0.2) is 0 Å². The largest absolute Gasteiger partial charge is 0.363 e. The molecular formula is C22H22ClN5O2S. The zero-order chi connectivity index (χ0) is 22.4. The minimum Gasteiger partial charge on any atom is -0.363 e. The second-order valence-electron chi connectivity index (χ2n) is 6.86. The Kier molecular flexibility index (Phi) is 7.28. The third-order valence-electron chi connectivity index (χ3n) is 4.34. The Labute approximate surface area is 189 Å². The highest BCUT2D eigenvalue weighted by molar-refractivity contribution is 7.10. The van der Waals surface area contributed by atoms with Crippen molar-refractivity contribution in [2.24, 2.45) is 0 Å². The number of anilines is 2. The molecule has 0 aliphatic carbocycles. The van der Waals surface area contributed by atoms with Gasteiger partial charge in [0.1, 0.15) is 11.9 Å². The maximum Gasteiger partial charge on any atom is 0.320 e.